The quantitative estimate of drug-likeness (QED) is 0.0757. The van der Waals surface area contributed by atoms with Crippen LogP contribution in [0, 0.1) is 44.0 Å². The Morgan fingerprint density at radius 3 is 1.28 bits per heavy atom. The molecule has 8 aromatic heterocycles. The highest BCUT2D eigenvalue weighted by molar-refractivity contribution is 6.45. The molecule has 18 rings (SSSR count). The number of hydrogen-bond acceptors (Lipinski definition) is 19. The van der Waals surface area contributed by atoms with Crippen molar-refractivity contribution in [1.82, 2.24) is 53.3 Å². The SMILES string of the molecule is C=CC(=O)N1CC2CCOc3c(c4cc(F)c(-c5cc(O)cc(Cl)c5Cl)nc4n(-c4c(C)ccnc4C(C)C)c3=O)N2CC1C.C=CC(=O)N1CC2COc3c(c4cc(F)c(-c5cc(O)cc(Cl)c5Cl)c(F)c4n(-c4c(C)ccnc4C(C)C)c3=O)N2CC1C.C=CC(=O)N1CC2Cc3c(c4cc(F)c(-c5cc(O)cc(Cl)c5Cl)nc4n(-c4c(C)ccnc4C(C)C)c3=O)N2CC1C. The van der Waals surface area contributed by atoms with Crippen LogP contribution >= 0.6 is 69.6 Å². The van der Waals surface area contributed by atoms with Gasteiger partial charge in [0.25, 0.3) is 11.1 Å². The molecule has 3 saturated heterocycles. The Bertz CT molecular complexity index is 7160. The average molecular weight is 1930 g/mol. The van der Waals surface area contributed by atoms with E-state index < -0.39 is 46.0 Å². The van der Waals surface area contributed by atoms with Crippen LogP contribution < -0.4 is 40.9 Å². The van der Waals surface area contributed by atoms with Crippen LogP contribution in [0.25, 0.3) is 83.7 Å². The molecule has 4 aromatic carbocycles. The van der Waals surface area contributed by atoms with Crippen LogP contribution in [0.5, 0.6) is 28.7 Å². The molecule has 0 radical (unpaired) electrons. The predicted octanol–water partition coefficient (Wildman–Crippen LogP) is 19.3. The third kappa shape index (κ3) is 16.3. The summed E-state index contributed by atoms with van der Waals surface area (Å²) in [6, 6.07) is 15.1. The largest absolute Gasteiger partial charge is 0.508 e. The number of nitrogens with zero attached hydrogens (tertiary/aromatic N) is 14. The van der Waals surface area contributed by atoms with E-state index >= 15 is 17.6 Å². The van der Waals surface area contributed by atoms with E-state index in [2.05, 4.69) is 39.6 Å². The van der Waals surface area contributed by atoms with Crippen molar-refractivity contribution >= 4 is 137 Å². The topological polar surface area (TPSA) is 280 Å². The number of aromatic nitrogens is 8. The van der Waals surface area contributed by atoms with Crippen molar-refractivity contribution in [2.24, 2.45) is 0 Å². The van der Waals surface area contributed by atoms with Crippen LogP contribution in [0.4, 0.5) is 34.6 Å². The fourth-order valence-corrected chi connectivity index (χ4v) is 20.4. The Balaban J connectivity index is 0.000000145. The lowest BCUT2D eigenvalue weighted by Crippen LogP contribution is -2.62. The van der Waals surface area contributed by atoms with Gasteiger partial charge in [0.2, 0.25) is 29.2 Å². The number of benzene rings is 4. The lowest BCUT2D eigenvalue weighted by molar-refractivity contribution is -0.129. The minimum absolute atomic E-state index is 0.00420. The maximum atomic E-state index is 17.2. The van der Waals surface area contributed by atoms with Gasteiger partial charge in [-0.2, -0.15) is 0 Å². The number of pyridine rings is 8. The summed E-state index contributed by atoms with van der Waals surface area (Å²) in [5, 5.41) is 31.5. The first-order valence-corrected chi connectivity index (χ1v) is 45.4. The zero-order chi connectivity index (χ0) is 95.7. The molecule has 35 heteroatoms. The molecule has 3 amide bonds. The molecule has 6 atom stereocenters. The maximum Gasteiger partial charge on any atom is 0.301 e. The minimum atomic E-state index is -1.08. The molecule has 25 nitrogen and oxygen atoms in total. The van der Waals surface area contributed by atoms with Crippen molar-refractivity contribution in [2.75, 3.05) is 67.2 Å². The summed E-state index contributed by atoms with van der Waals surface area (Å²) in [5.41, 5.74) is 5.19. The Hall–Kier alpha value is -12.3. The van der Waals surface area contributed by atoms with Gasteiger partial charge in [0.1, 0.15) is 58.3 Å². The zero-order valence-corrected chi connectivity index (χ0v) is 79.0. The summed E-state index contributed by atoms with van der Waals surface area (Å²) in [5.74, 6) is -5.10. The number of aryl methyl sites for hydroxylation is 3. The number of hydrogen-bond donors (Lipinski definition) is 3. The monoisotopic (exact) mass is 1930 g/mol. The number of piperazine rings is 3. The van der Waals surface area contributed by atoms with Crippen molar-refractivity contribution in [3.05, 3.63) is 253 Å². The van der Waals surface area contributed by atoms with E-state index in [4.69, 9.17) is 89.0 Å². The molecular formula is C98H92Cl6F4N14O11. The molecule has 6 aliphatic heterocycles. The number of carbonyl (C=O) groups is 3. The number of fused-ring (bicyclic) bond motifs is 15. The summed E-state index contributed by atoms with van der Waals surface area (Å²) in [6.07, 6.45) is 9.74. The molecular weight excluding hydrogens is 1840 g/mol. The molecule has 3 fully saturated rings. The first kappa shape index (κ1) is 94.0. The second kappa shape index (κ2) is 36.6. The first-order chi connectivity index (χ1) is 63.2. The summed E-state index contributed by atoms with van der Waals surface area (Å²) in [6.45, 7) is 36.3. The lowest BCUT2D eigenvalue weighted by atomic mass is 9.97. The van der Waals surface area contributed by atoms with E-state index in [0.717, 1.165) is 23.3 Å². The van der Waals surface area contributed by atoms with Gasteiger partial charge in [0.05, 0.1) is 117 Å². The smallest absolute Gasteiger partial charge is 0.301 e. The van der Waals surface area contributed by atoms with Gasteiger partial charge < -0.3 is 54.2 Å². The standard InChI is InChI=1S/C33H30Cl2F2N4O4.C33H32Cl2FN5O4.C32H30Cl2FN5O3/c1-6-24(43)39-13-18-14-45-32-31(40(18)12-17(39)5)21-11-23(36)25(20-9-19(42)10-22(34)26(20)35)27(37)30(21)41(33(32)44)29-16(4)7-8-38-28(29)15(2)3;1-6-25(43)39-15-19-8-10-45-31-30(40(19)14-18(39)5)22-13-24(36)28(21-11-20(42)12-23(34)26(21)35)38-32(22)41(33(31)44)29-17(4)7-9-37-27(29)16(2)3;1-6-25(42)38-14-18-9-22-30(39(18)13-17(38)5)21-12-24(35)28(20-10-19(41)11-23(33)26(20)34)37-31(21)40(32(22)43)29-16(4)7-8-36-27(29)15(2)3/h6-11,15,17-18,42H,1,12-14H2,2-5H3;6-7,9,11-13,16,18-19,42H,1,8,10,14-15H2,2-5H3;6-8,10-12,15,17-18,41H,1,9,13-14H2,2-5H3. The third-order valence-electron chi connectivity index (χ3n) is 25.4. The van der Waals surface area contributed by atoms with Crippen LogP contribution in [-0.2, 0) is 20.8 Å². The van der Waals surface area contributed by atoms with E-state index in [1.807, 2.05) is 92.0 Å². The summed E-state index contributed by atoms with van der Waals surface area (Å²) < 4.78 is 82.4. The number of amides is 3. The van der Waals surface area contributed by atoms with Crippen LogP contribution in [0.1, 0.15) is 126 Å². The van der Waals surface area contributed by atoms with E-state index in [1.165, 1.54) is 74.4 Å². The molecule has 0 aliphatic carbocycles. The van der Waals surface area contributed by atoms with Crippen LogP contribution in [-0.4, -0.2) is 175 Å². The number of anilines is 3. The number of phenols is 3. The van der Waals surface area contributed by atoms with Crippen LogP contribution in [0.15, 0.2) is 144 Å². The van der Waals surface area contributed by atoms with Gasteiger partial charge in [-0.3, -0.25) is 57.4 Å². The molecule has 14 heterocycles. The number of ether oxygens (including phenoxy) is 2. The van der Waals surface area contributed by atoms with Gasteiger partial charge in [-0.15, -0.1) is 0 Å². The molecule has 133 heavy (non-hydrogen) atoms. The van der Waals surface area contributed by atoms with E-state index in [1.54, 1.807) is 52.3 Å². The normalized spacial score (nSPS) is 17.8. The zero-order valence-electron chi connectivity index (χ0n) is 74.4. The van der Waals surface area contributed by atoms with Gasteiger partial charge in [-0.1, -0.05) is 131 Å². The van der Waals surface area contributed by atoms with E-state index in [0.29, 0.717) is 106 Å². The molecule has 0 saturated carbocycles. The highest BCUT2D eigenvalue weighted by atomic mass is 35.5. The number of carbonyl (C=O) groups excluding carboxylic acids is 3. The number of halogens is 10. The highest BCUT2D eigenvalue weighted by Crippen LogP contribution is 2.51. The van der Waals surface area contributed by atoms with Gasteiger partial charge >= 0.3 is 5.56 Å². The number of phenolic OH excluding ortho intramolecular Hbond substituents is 3. The first-order valence-electron chi connectivity index (χ1n) is 43.2. The molecule has 0 bridgehead atoms. The second-order valence-corrected chi connectivity index (χ2v) is 37.4. The Labute approximate surface area is 791 Å². The minimum Gasteiger partial charge on any atom is -0.508 e. The Kier molecular flexibility index (Phi) is 25.9. The van der Waals surface area contributed by atoms with Crippen molar-refractivity contribution in [3.63, 3.8) is 0 Å². The summed E-state index contributed by atoms with van der Waals surface area (Å²) >= 11 is 38.1. The van der Waals surface area contributed by atoms with Crippen LogP contribution in [0.3, 0.4) is 0 Å². The lowest BCUT2D eigenvalue weighted by Gasteiger charge is -2.48. The summed E-state index contributed by atoms with van der Waals surface area (Å²) in [4.78, 5) is 116. The Morgan fingerprint density at radius 2 is 0.827 bits per heavy atom. The van der Waals surface area contributed by atoms with Crippen LogP contribution in [0.2, 0.25) is 30.1 Å². The fourth-order valence-electron chi connectivity index (χ4n) is 19.2. The number of aromatic hydroxyl groups is 3. The molecule has 690 valence electrons. The third-order valence-corrected chi connectivity index (χ3v) is 27.8. The molecule has 0 spiro atoms. The number of rotatable bonds is 12. The summed E-state index contributed by atoms with van der Waals surface area (Å²) in [7, 11) is 0. The Morgan fingerprint density at radius 1 is 0.459 bits per heavy atom. The van der Waals surface area contributed by atoms with Gasteiger partial charge in [0.15, 0.2) is 11.5 Å². The van der Waals surface area contributed by atoms with E-state index in [9.17, 15) is 44.1 Å². The van der Waals surface area contributed by atoms with Gasteiger partial charge in [-0.05, 0) is 149 Å². The van der Waals surface area contributed by atoms with E-state index in [-0.39, 0.29) is 212 Å². The van der Waals surface area contributed by atoms with Crippen molar-refractivity contribution in [2.45, 2.75) is 150 Å². The predicted molar refractivity (Wildman–Crippen MR) is 512 cm³/mol. The van der Waals surface area contributed by atoms with Crippen molar-refractivity contribution in [1.29, 1.82) is 0 Å². The van der Waals surface area contributed by atoms with Gasteiger partial charge in [0, 0.05) is 145 Å². The maximum absolute atomic E-state index is 17.2. The second-order valence-electron chi connectivity index (χ2n) is 35.0. The fraction of sp³-hybridized carbons (Fsp3) is 0.316. The molecule has 6 aliphatic rings. The molecule has 12 aromatic rings. The van der Waals surface area contributed by atoms with Crippen molar-refractivity contribution in [3.8, 4) is 79.5 Å². The van der Waals surface area contributed by atoms with Crippen molar-refractivity contribution < 1.29 is 56.7 Å². The average Bonchev–Trinajstić information content (AvgIpc) is 1.66. The molecule has 6 unspecified atom stereocenters. The molecule has 3 N–H and O–H groups in total. The highest BCUT2D eigenvalue weighted by Gasteiger charge is 2.46. The van der Waals surface area contributed by atoms with Gasteiger partial charge in [-0.25, -0.2) is 27.5 Å².